The summed E-state index contributed by atoms with van der Waals surface area (Å²) in [7, 11) is 0. The Labute approximate surface area is 115 Å². The van der Waals surface area contributed by atoms with Crippen molar-refractivity contribution >= 4 is 33.6 Å². The van der Waals surface area contributed by atoms with Gasteiger partial charge in [-0.25, -0.2) is 0 Å². The maximum absolute atomic E-state index is 11.8. The third kappa shape index (κ3) is 3.05. The number of hydrogen-bond donors (Lipinski definition) is 0. The first kappa shape index (κ1) is 13.0. The Morgan fingerprint density at radius 2 is 2.06 bits per heavy atom. The average molecular weight is 314 g/mol. The molecule has 0 N–H and O–H groups in total. The molecule has 2 nitrogen and oxygen atoms in total. The molecule has 2 rings (SSSR count). The molecule has 1 heterocycles. The van der Waals surface area contributed by atoms with Crippen molar-refractivity contribution in [3.63, 3.8) is 0 Å². The predicted octanol–water partition coefficient (Wildman–Crippen LogP) is 3.39. The number of carbonyl (C=O) groups excluding carboxylic acids is 1. The van der Waals surface area contributed by atoms with E-state index in [1.165, 1.54) is 16.0 Å². The summed E-state index contributed by atoms with van der Waals surface area (Å²) in [5, 5.41) is 0. The summed E-state index contributed by atoms with van der Waals surface area (Å²) in [4.78, 5) is 14.9. The number of hydrogen-bond acceptors (Lipinski definition) is 2. The van der Waals surface area contributed by atoms with E-state index in [9.17, 15) is 4.79 Å². The summed E-state index contributed by atoms with van der Waals surface area (Å²) >= 11 is 5.16. The fourth-order valence-corrected chi connectivity index (χ4v) is 3.17. The molecule has 0 radical (unpaired) electrons. The van der Waals surface area contributed by atoms with Crippen LogP contribution in [0.1, 0.15) is 17.5 Å². The maximum Gasteiger partial charge on any atom is 0.232 e. The van der Waals surface area contributed by atoms with Crippen molar-refractivity contribution in [3.8, 4) is 0 Å². The highest BCUT2D eigenvalue weighted by atomic mass is 79.9. The molecule has 92 valence electrons. The number of amides is 1. The second-order valence-electron chi connectivity index (χ2n) is 4.39. The van der Waals surface area contributed by atoms with E-state index in [1.807, 2.05) is 4.90 Å². The standard InChI is InChI=1S/C13H16BrNOS/c1-9-7-12(10(2)6-11(9)14)17-8-13(16)15-4-3-5-15/h6-7H,3-5,8H2,1-2H3. The van der Waals surface area contributed by atoms with E-state index < -0.39 is 0 Å². The molecule has 0 bridgehead atoms. The number of nitrogens with zero attached hydrogens (tertiary/aromatic N) is 1. The van der Waals surface area contributed by atoms with Gasteiger partial charge < -0.3 is 4.90 Å². The Balaban J connectivity index is 1.98. The van der Waals surface area contributed by atoms with E-state index in [2.05, 4.69) is 41.9 Å². The highest BCUT2D eigenvalue weighted by Crippen LogP contribution is 2.28. The number of rotatable bonds is 3. The number of aryl methyl sites for hydroxylation is 2. The van der Waals surface area contributed by atoms with E-state index in [1.54, 1.807) is 11.8 Å². The number of halogens is 1. The summed E-state index contributed by atoms with van der Waals surface area (Å²) in [5.74, 6) is 0.822. The van der Waals surface area contributed by atoms with Crippen molar-refractivity contribution in [1.82, 2.24) is 4.90 Å². The SMILES string of the molecule is Cc1cc(SCC(=O)N2CCC2)c(C)cc1Br. The van der Waals surface area contributed by atoms with E-state index in [0.29, 0.717) is 5.75 Å². The first-order valence-corrected chi connectivity index (χ1v) is 7.53. The van der Waals surface area contributed by atoms with Crippen LogP contribution in [0.15, 0.2) is 21.5 Å². The Hall–Kier alpha value is -0.480. The van der Waals surface area contributed by atoms with Crippen molar-refractivity contribution in [2.75, 3.05) is 18.8 Å². The lowest BCUT2D eigenvalue weighted by Crippen LogP contribution is -2.43. The minimum Gasteiger partial charge on any atom is -0.342 e. The normalized spacial score (nSPS) is 14.6. The van der Waals surface area contributed by atoms with Gasteiger partial charge >= 0.3 is 0 Å². The van der Waals surface area contributed by atoms with Crippen LogP contribution < -0.4 is 0 Å². The van der Waals surface area contributed by atoms with Crippen LogP contribution in [-0.4, -0.2) is 29.6 Å². The molecule has 1 aliphatic heterocycles. The molecule has 17 heavy (non-hydrogen) atoms. The average Bonchev–Trinajstić information content (AvgIpc) is 2.19. The van der Waals surface area contributed by atoms with Crippen molar-refractivity contribution in [2.24, 2.45) is 0 Å². The van der Waals surface area contributed by atoms with Crippen LogP contribution in [0.3, 0.4) is 0 Å². The van der Waals surface area contributed by atoms with Gasteiger partial charge in [0, 0.05) is 22.5 Å². The Morgan fingerprint density at radius 3 is 2.65 bits per heavy atom. The van der Waals surface area contributed by atoms with Gasteiger partial charge in [0.15, 0.2) is 0 Å². The zero-order valence-electron chi connectivity index (χ0n) is 10.1. The summed E-state index contributed by atoms with van der Waals surface area (Å²) < 4.78 is 1.13. The molecule has 1 fully saturated rings. The second kappa shape index (κ2) is 5.44. The van der Waals surface area contributed by atoms with Gasteiger partial charge in [-0.2, -0.15) is 0 Å². The minimum absolute atomic E-state index is 0.265. The third-order valence-corrected chi connectivity index (χ3v) is 5.01. The van der Waals surface area contributed by atoms with Crippen LogP contribution in [0.25, 0.3) is 0 Å². The van der Waals surface area contributed by atoms with Crippen LogP contribution in [0.5, 0.6) is 0 Å². The molecule has 1 aromatic carbocycles. The van der Waals surface area contributed by atoms with E-state index in [-0.39, 0.29) is 5.91 Å². The maximum atomic E-state index is 11.8. The molecule has 4 heteroatoms. The molecule has 0 spiro atoms. The Bertz CT molecular complexity index is 443. The summed E-state index contributed by atoms with van der Waals surface area (Å²) in [6.07, 6.45) is 1.16. The van der Waals surface area contributed by atoms with Gasteiger partial charge in [0.1, 0.15) is 0 Å². The van der Waals surface area contributed by atoms with E-state index in [0.717, 1.165) is 24.0 Å². The topological polar surface area (TPSA) is 20.3 Å². The lowest BCUT2D eigenvalue weighted by molar-refractivity contribution is -0.131. The third-order valence-electron chi connectivity index (χ3n) is 3.02. The quantitative estimate of drug-likeness (QED) is 0.797. The van der Waals surface area contributed by atoms with Gasteiger partial charge in [-0.15, -0.1) is 11.8 Å². The van der Waals surface area contributed by atoms with E-state index in [4.69, 9.17) is 0 Å². The fourth-order valence-electron chi connectivity index (χ4n) is 1.71. The first-order valence-electron chi connectivity index (χ1n) is 5.75. The summed E-state index contributed by atoms with van der Waals surface area (Å²) in [6.45, 7) is 6.04. The molecular formula is C13H16BrNOS. The summed E-state index contributed by atoms with van der Waals surface area (Å²) in [6, 6.07) is 4.26. The molecule has 0 aromatic heterocycles. The molecule has 0 saturated carbocycles. The molecular weight excluding hydrogens is 298 g/mol. The van der Waals surface area contributed by atoms with E-state index >= 15 is 0 Å². The van der Waals surface area contributed by atoms with Crippen LogP contribution in [0.4, 0.5) is 0 Å². The van der Waals surface area contributed by atoms with Crippen molar-refractivity contribution in [3.05, 3.63) is 27.7 Å². The van der Waals surface area contributed by atoms with Crippen LogP contribution in [0, 0.1) is 13.8 Å². The highest BCUT2D eigenvalue weighted by molar-refractivity contribution is 9.10. The van der Waals surface area contributed by atoms with Crippen LogP contribution >= 0.6 is 27.7 Å². The predicted molar refractivity (Wildman–Crippen MR) is 75.5 cm³/mol. The largest absolute Gasteiger partial charge is 0.342 e. The molecule has 1 amide bonds. The minimum atomic E-state index is 0.265. The fraction of sp³-hybridized carbons (Fsp3) is 0.462. The number of likely N-dealkylation sites (tertiary alicyclic amines) is 1. The monoisotopic (exact) mass is 313 g/mol. The van der Waals surface area contributed by atoms with Crippen LogP contribution in [0.2, 0.25) is 0 Å². The smallest absolute Gasteiger partial charge is 0.232 e. The molecule has 1 saturated heterocycles. The molecule has 0 unspecified atom stereocenters. The highest BCUT2D eigenvalue weighted by Gasteiger charge is 2.20. The lowest BCUT2D eigenvalue weighted by atomic mass is 10.2. The summed E-state index contributed by atoms with van der Waals surface area (Å²) in [5.41, 5.74) is 2.44. The number of carbonyl (C=O) groups is 1. The molecule has 1 aromatic rings. The molecule has 1 aliphatic rings. The van der Waals surface area contributed by atoms with Gasteiger partial charge in [0.25, 0.3) is 0 Å². The zero-order valence-corrected chi connectivity index (χ0v) is 12.5. The van der Waals surface area contributed by atoms with Gasteiger partial charge in [-0.3, -0.25) is 4.79 Å². The Kier molecular flexibility index (Phi) is 4.15. The van der Waals surface area contributed by atoms with Crippen LogP contribution in [-0.2, 0) is 4.79 Å². The Morgan fingerprint density at radius 1 is 1.35 bits per heavy atom. The van der Waals surface area contributed by atoms with Gasteiger partial charge in [0.2, 0.25) is 5.91 Å². The lowest BCUT2D eigenvalue weighted by Gasteiger charge is -2.30. The first-order chi connectivity index (χ1) is 8.08. The zero-order chi connectivity index (χ0) is 12.4. The molecule has 0 aliphatic carbocycles. The number of thioether (sulfide) groups is 1. The van der Waals surface area contributed by atoms with Crippen molar-refractivity contribution in [2.45, 2.75) is 25.2 Å². The second-order valence-corrected chi connectivity index (χ2v) is 6.26. The van der Waals surface area contributed by atoms with Crippen molar-refractivity contribution in [1.29, 1.82) is 0 Å². The van der Waals surface area contributed by atoms with Gasteiger partial charge in [-0.1, -0.05) is 15.9 Å². The number of benzene rings is 1. The van der Waals surface area contributed by atoms with Gasteiger partial charge in [-0.05, 0) is 43.5 Å². The molecule has 0 atom stereocenters. The van der Waals surface area contributed by atoms with Crippen molar-refractivity contribution < 1.29 is 4.79 Å². The van der Waals surface area contributed by atoms with Gasteiger partial charge in [0.05, 0.1) is 5.75 Å².